The Hall–Kier alpha value is -3.86. The summed E-state index contributed by atoms with van der Waals surface area (Å²) in [7, 11) is 0. The zero-order valence-electron chi connectivity index (χ0n) is 17.4. The van der Waals surface area contributed by atoms with Crippen molar-refractivity contribution in [2.75, 3.05) is 48.4 Å². The normalized spacial score (nSPS) is 15.5. The predicted octanol–water partition coefficient (Wildman–Crippen LogP) is 1.02. The number of nitrogens with two attached hydrogens (primary N) is 1. The predicted molar refractivity (Wildman–Crippen MR) is 118 cm³/mol. The lowest BCUT2D eigenvalue weighted by molar-refractivity contribution is 0.122. The highest BCUT2D eigenvalue weighted by Crippen LogP contribution is 2.35. The van der Waals surface area contributed by atoms with Gasteiger partial charge in [0.25, 0.3) is 0 Å². The number of fused-ring (bicyclic) bond motifs is 1. The lowest BCUT2D eigenvalue weighted by Crippen LogP contribution is -2.40. The third kappa shape index (κ3) is 4.02. The third-order valence-electron chi connectivity index (χ3n) is 5.47. The lowest BCUT2D eigenvalue weighted by atomic mass is 10.1. The van der Waals surface area contributed by atoms with Crippen LogP contribution in [-0.4, -0.2) is 63.8 Å². The fraction of sp³-hybridized carbons (Fsp3) is 0.333. The average molecular weight is 433 g/mol. The second-order valence-corrected chi connectivity index (χ2v) is 7.53. The number of nitrogens with zero attached hydrogens (tertiary/aromatic N) is 7. The van der Waals surface area contributed by atoms with Gasteiger partial charge in [0.1, 0.15) is 5.82 Å². The summed E-state index contributed by atoms with van der Waals surface area (Å²) in [5, 5.41) is 2.96. The van der Waals surface area contributed by atoms with E-state index >= 15 is 0 Å². The number of pyridine rings is 1. The van der Waals surface area contributed by atoms with Crippen LogP contribution in [0.4, 0.5) is 22.5 Å². The molecule has 0 radical (unpaired) electrons. The average Bonchev–Trinajstić information content (AvgIpc) is 3.28. The molecule has 5 rings (SSSR count). The Balaban J connectivity index is 1.48. The molecule has 0 aliphatic carbocycles. The molecule has 164 valence electrons. The van der Waals surface area contributed by atoms with Crippen molar-refractivity contribution in [1.29, 1.82) is 0 Å². The third-order valence-corrected chi connectivity index (χ3v) is 5.47. The molecule has 3 aromatic heterocycles. The molecule has 2 amide bonds. The number of nitrogens with one attached hydrogen (secondary N) is 1. The standard InChI is InChI=1S/C21H23N9O2/c22-19-24-12-15(13-25-19)17-16-3-5-30(21(31)26-11-14-2-1-4-23-10-14)18(16)28-20(27-17)29-6-8-32-9-7-29/h1-2,4,10,12-13H,3,5-9,11H2,(H,26,31)(H2,22,24,25). The quantitative estimate of drug-likeness (QED) is 0.618. The Bertz CT molecular complexity index is 1100. The van der Waals surface area contributed by atoms with Crippen LogP contribution >= 0.6 is 0 Å². The molecular formula is C21H23N9O2. The summed E-state index contributed by atoms with van der Waals surface area (Å²) in [4.78, 5) is 38.7. The van der Waals surface area contributed by atoms with E-state index in [9.17, 15) is 4.79 Å². The van der Waals surface area contributed by atoms with Gasteiger partial charge in [-0.25, -0.2) is 19.7 Å². The van der Waals surface area contributed by atoms with Crippen molar-refractivity contribution >= 4 is 23.7 Å². The van der Waals surface area contributed by atoms with E-state index in [1.165, 1.54) is 0 Å². The number of rotatable bonds is 4. The van der Waals surface area contributed by atoms with Gasteiger partial charge >= 0.3 is 6.03 Å². The van der Waals surface area contributed by atoms with Gasteiger partial charge in [0.05, 0.1) is 18.9 Å². The lowest BCUT2D eigenvalue weighted by Gasteiger charge is -2.28. The van der Waals surface area contributed by atoms with Crippen molar-refractivity contribution < 1.29 is 9.53 Å². The highest BCUT2D eigenvalue weighted by molar-refractivity contribution is 5.94. The minimum atomic E-state index is -0.210. The fourth-order valence-corrected chi connectivity index (χ4v) is 3.82. The fourth-order valence-electron chi connectivity index (χ4n) is 3.82. The number of morpholine rings is 1. The van der Waals surface area contributed by atoms with Crippen LogP contribution in [0.15, 0.2) is 36.9 Å². The summed E-state index contributed by atoms with van der Waals surface area (Å²) < 4.78 is 5.46. The van der Waals surface area contributed by atoms with Crippen molar-refractivity contribution in [1.82, 2.24) is 30.2 Å². The molecule has 0 saturated carbocycles. The van der Waals surface area contributed by atoms with Crippen LogP contribution in [-0.2, 0) is 17.7 Å². The maximum absolute atomic E-state index is 13.0. The number of hydrogen-bond acceptors (Lipinski definition) is 9. The molecule has 11 heteroatoms. The molecule has 0 atom stereocenters. The van der Waals surface area contributed by atoms with E-state index in [2.05, 4.69) is 25.2 Å². The van der Waals surface area contributed by atoms with Gasteiger partial charge in [0.15, 0.2) is 0 Å². The minimum absolute atomic E-state index is 0.198. The molecular weight excluding hydrogens is 410 g/mol. The Morgan fingerprint density at radius 1 is 1.12 bits per heavy atom. The molecule has 0 bridgehead atoms. The van der Waals surface area contributed by atoms with E-state index in [1.807, 2.05) is 12.1 Å². The summed E-state index contributed by atoms with van der Waals surface area (Å²) >= 11 is 0. The van der Waals surface area contributed by atoms with Gasteiger partial charge in [-0.3, -0.25) is 9.88 Å². The van der Waals surface area contributed by atoms with Gasteiger partial charge < -0.3 is 20.7 Å². The molecule has 3 N–H and O–H groups in total. The van der Waals surface area contributed by atoms with Gasteiger partial charge in [-0.1, -0.05) is 6.07 Å². The molecule has 0 unspecified atom stereocenters. The van der Waals surface area contributed by atoms with Crippen molar-refractivity contribution in [3.05, 3.63) is 48.0 Å². The smallest absolute Gasteiger partial charge is 0.323 e. The SMILES string of the molecule is Nc1ncc(-c2nc(N3CCOCC3)nc3c2CCN3C(=O)NCc2cccnc2)cn1. The first kappa shape index (κ1) is 20.1. The number of ether oxygens (including phenoxy) is 1. The highest BCUT2D eigenvalue weighted by atomic mass is 16.5. The Morgan fingerprint density at radius 3 is 2.69 bits per heavy atom. The van der Waals surface area contributed by atoms with Crippen LogP contribution in [0.25, 0.3) is 11.3 Å². The molecule has 3 aromatic rings. The summed E-state index contributed by atoms with van der Waals surface area (Å²) in [6, 6.07) is 3.55. The van der Waals surface area contributed by atoms with E-state index in [4.69, 9.17) is 20.4 Å². The minimum Gasteiger partial charge on any atom is -0.378 e. The van der Waals surface area contributed by atoms with E-state index < -0.39 is 0 Å². The number of urea groups is 1. The van der Waals surface area contributed by atoms with Gasteiger partial charge in [0.2, 0.25) is 11.9 Å². The summed E-state index contributed by atoms with van der Waals surface area (Å²) in [5.41, 5.74) is 8.95. The first-order chi connectivity index (χ1) is 15.7. The van der Waals surface area contributed by atoms with Crippen molar-refractivity contribution in [3.8, 4) is 11.3 Å². The second kappa shape index (κ2) is 8.71. The second-order valence-electron chi connectivity index (χ2n) is 7.53. The van der Waals surface area contributed by atoms with E-state index in [0.29, 0.717) is 57.6 Å². The maximum atomic E-state index is 13.0. The van der Waals surface area contributed by atoms with Crippen molar-refractivity contribution in [2.45, 2.75) is 13.0 Å². The van der Waals surface area contributed by atoms with Crippen LogP contribution in [0, 0.1) is 0 Å². The monoisotopic (exact) mass is 433 g/mol. The summed E-state index contributed by atoms with van der Waals surface area (Å²) in [6.45, 7) is 3.48. The Morgan fingerprint density at radius 2 is 1.94 bits per heavy atom. The van der Waals surface area contributed by atoms with E-state index in [0.717, 1.165) is 22.4 Å². The topological polar surface area (TPSA) is 135 Å². The number of carbonyl (C=O) groups excluding carboxylic acids is 1. The van der Waals surface area contributed by atoms with Crippen molar-refractivity contribution in [2.24, 2.45) is 0 Å². The zero-order chi connectivity index (χ0) is 21.9. The maximum Gasteiger partial charge on any atom is 0.323 e. The van der Waals surface area contributed by atoms with Crippen LogP contribution in [0.2, 0.25) is 0 Å². The first-order valence-corrected chi connectivity index (χ1v) is 10.4. The van der Waals surface area contributed by atoms with E-state index in [1.54, 1.807) is 29.7 Å². The van der Waals surface area contributed by atoms with Crippen LogP contribution in [0.5, 0.6) is 0 Å². The number of nitrogen functional groups attached to an aromatic ring is 1. The zero-order valence-corrected chi connectivity index (χ0v) is 17.4. The molecule has 0 aromatic carbocycles. The summed E-state index contributed by atoms with van der Waals surface area (Å²) in [5.74, 6) is 1.37. The molecule has 0 spiro atoms. The molecule has 5 heterocycles. The van der Waals surface area contributed by atoms with E-state index in [-0.39, 0.29) is 12.0 Å². The van der Waals surface area contributed by atoms with Gasteiger partial charge in [-0.05, 0) is 18.1 Å². The number of hydrogen-bond donors (Lipinski definition) is 2. The van der Waals surface area contributed by atoms with Gasteiger partial charge in [0, 0.05) is 62.1 Å². The van der Waals surface area contributed by atoms with Gasteiger partial charge in [-0.15, -0.1) is 0 Å². The van der Waals surface area contributed by atoms with Crippen LogP contribution < -0.4 is 20.9 Å². The number of aromatic nitrogens is 5. The summed E-state index contributed by atoms with van der Waals surface area (Å²) in [6.07, 6.45) is 7.38. The van der Waals surface area contributed by atoms with Crippen LogP contribution in [0.1, 0.15) is 11.1 Å². The van der Waals surface area contributed by atoms with Crippen molar-refractivity contribution in [3.63, 3.8) is 0 Å². The Labute approximate surface area is 184 Å². The molecule has 1 fully saturated rings. The largest absolute Gasteiger partial charge is 0.378 e. The highest BCUT2D eigenvalue weighted by Gasteiger charge is 2.31. The molecule has 1 saturated heterocycles. The molecule has 32 heavy (non-hydrogen) atoms. The van der Waals surface area contributed by atoms with Crippen LogP contribution in [0.3, 0.4) is 0 Å². The molecule has 11 nitrogen and oxygen atoms in total. The number of amides is 2. The number of anilines is 3. The molecule has 2 aliphatic rings. The first-order valence-electron chi connectivity index (χ1n) is 10.4. The van der Waals surface area contributed by atoms with Gasteiger partial charge in [-0.2, -0.15) is 4.98 Å². The Kier molecular flexibility index (Phi) is 5.46. The number of carbonyl (C=O) groups is 1. The molecule has 2 aliphatic heterocycles.